The third kappa shape index (κ3) is 3.41. The summed E-state index contributed by atoms with van der Waals surface area (Å²) in [5.41, 5.74) is 2.08. The van der Waals surface area contributed by atoms with Gasteiger partial charge in [-0.1, -0.05) is 0 Å². The van der Waals surface area contributed by atoms with Gasteiger partial charge in [0.1, 0.15) is 5.82 Å². The van der Waals surface area contributed by atoms with Crippen LogP contribution in [-0.4, -0.2) is 28.2 Å². The fourth-order valence-electron chi connectivity index (χ4n) is 1.62. The summed E-state index contributed by atoms with van der Waals surface area (Å²) >= 11 is 4.00. The van der Waals surface area contributed by atoms with Gasteiger partial charge in [0.2, 0.25) is 5.91 Å². The Morgan fingerprint density at radius 2 is 2.47 bits per heavy atom. The summed E-state index contributed by atoms with van der Waals surface area (Å²) in [6, 6.07) is 0. The maximum Gasteiger partial charge on any atom is 0.221 e. The molecular formula is C11H15N3O2S. The van der Waals surface area contributed by atoms with Gasteiger partial charge in [-0.3, -0.25) is 4.79 Å². The summed E-state index contributed by atoms with van der Waals surface area (Å²) < 4.78 is 5.31. The van der Waals surface area contributed by atoms with Crippen LogP contribution in [-0.2, 0) is 29.1 Å². The number of ether oxygens (including phenoxy) is 1. The van der Waals surface area contributed by atoms with Gasteiger partial charge in [-0.15, -0.1) is 0 Å². The Hall–Kier alpha value is -1.14. The molecule has 1 N–H and O–H groups in total. The van der Waals surface area contributed by atoms with Crippen LogP contribution in [0.25, 0.3) is 0 Å². The molecule has 2 heterocycles. The van der Waals surface area contributed by atoms with Gasteiger partial charge < -0.3 is 10.1 Å². The third-order valence-electron chi connectivity index (χ3n) is 2.53. The Morgan fingerprint density at radius 3 is 3.29 bits per heavy atom. The zero-order valence-electron chi connectivity index (χ0n) is 9.48. The highest BCUT2D eigenvalue weighted by Crippen LogP contribution is 2.13. The SMILES string of the molecule is O=C(CCS)NCc1ncc2c(n1)CCOC2. The standard InChI is InChI=1S/C11H15N3O2S/c15-11(2-4-17)13-6-10-12-5-8-7-16-3-1-9(8)14-10/h5,17H,1-4,6-7H2,(H,13,15). The van der Waals surface area contributed by atoms with Crippen LogP contribution in [0.15, 0.2) is 6.20 Å². The second-order valence-corrected chi connectivity index (χ2v) is 4.26. The number of aromatic nitrogens is 2. The van der Waals surface area contributed by atoms with Gasteiger partial charge in [-0.25, -0.2) is 9.97 Å². The number of fused-ring (bicyclic) bond motifs is 1. The van der Waals surface area contributed by atoms with Crippen LogP contribution in [0.1, 0.15) is 23.5 Å². The van der Waals surface area contributed by atoms with Crippen molar-refractivity contribution >= 4 is 18.5 Å². The number of amides is 1. The van der Waals surface area contributed by atoms with Gasteiger partial charge in [0.05, 0.1) is 25.5 Å². The lowest BCUT2D eigenvalue weighted by atomic mass is 10.1. The molecule has 0 radical (unpaired) electrons. The van der Waals surface area contributed by atoms with Gasteiger partial charge in [0, 0.05) is 24.6 Å². The van der Waals surface area contributed by atoms with E-state index in [1.807, 2.05) is 0 Å². The highest BCUT2D eigenvalue weighted by molar-refractivity contribution is 7.80. The molecule has 1 aromatic rings. The van der Waals surface area contributed by atoms with Crippen LogP contribution >= 0.6 is 12.6 Å². The first-order valence-electron chi connectivity index (χ1n) is 5.58. The van der Waals surface area contributed by atoms with Crippen LogP contribution < -0.4 is 5.32 Å². The second kappa shape index (κ2) is 5.97. The van der Waals surface area contributed by atoms with Crippen LogP contribution in [0.2, 0.25) is 0 Å². The lowest BCUT2D eigenvalue weighted by Crippen LogP contribution is -2.25. The van der Waals surface area contributed by atoms with Crippen molar-refractivity contribution < 1.29 is 9.53 Å². The number of nitrogens with one attached hydrogen (secondary N) is 1. The molecule has 6 heteroatoms. The Morgan fingerprint density at radius 1 is 1.59 bits per heavy atom. The van der Waals surface area contributed by atoms with E-state index in [4.69, 9.17) is 4.74 Å². The average Bonchev–Trinajstić information content (AvgIpc) is 2.36. The minimum atomic E-state index is -0.0235. The van der Waals surface area contributed by atoms with Crippen molar-refractivity contribution in [3.8, 4) is 0 Å². The number of hydrogen-bond donors (Lipinski definition) is 2. The summed E-state index contributed by atoms with van der Waals surface area (Å²) in [7, 11) is 0. The topological polar surface area (TPSA) is 64.1 Å². The molecule has 2 rings (SSSR count). The molecule has 1 aliphatic rings. The van der Waals surface area contributed by atoms with Gasteiger partial charge in [0.15, 0.2) is 0 Å². The van der Waals surface area contributed by atoms with E-state index < -0.39 is 0 Å². The lowest BCUT2D eigenvalue weighted by molar-refractivity contribution is -0.120. The molecule has 0 unspecified atom stereocenters. The van der Waals surface area contributed by atoms with Crippen molar-refractivity contribution in [1.29, 1.82) is 0 Å². The van der Waals surface area contributed by atoms with Crippen LogP contribution in [0.5, 0.6) is 0 Å². The highest BCUT2D eigenvalue weighted by atomic mass is 32.1. The molecule has 17 heavy (non-hydrogen) atoms. The zero-order chi connectivity index (χ0) is 12.1. The summed E-state index contributed by atoms with van der Waals surface area (Å²) in [6.45, 7) is 1.66. The Kier molecular flexibility index (Phi) is 4.33. The number of hydrogen-bond acceptors (Lipinski definition) is 5. The molecule has 0 atom stereocenters. The highest BCUT2D eigenvalue weighted by Gasteiger charge is 2.12. The van der Waals surface area contributed by atoms with E-state index in [1.54, 1.807) is 6.20 Å². The molecule has 0 spiro atoms. The first kappa shape index (κ1) is 12.3. The molecule has 0 saturated carbocycles. The van der Waals surface area contributed by atoms with Crippen molar-refractivity contribution in [2.75, 3.05) is 12.4 Å². The molecule has 0 bridgehead atoms. The molecule has 92 valence electrons. The first-order valence-corrected chi connectivity index (χ1v) is 6.22. The van der Waals surface area contributed by atoms with Gasteiger partial charge in [-0.05, 0) is 5.75 Å². The van der Waals surface area contributed by atoms with E-state index in [9.17, 15) is 4.79 Å². The largest absolute Gasteiger partial charge is 0.376 e. The van der Waals surface area contributed by atoms with E-state index in [-0.39, 0.29) is 5.91 Å². The monoisotopic (exact) mass is 253 g/mol. The van der Waals surface area contributed by atoms with E-state index in [1.165, 1.54) is 0 Å². The fourth-order valence-corrected chi connectivity index (χ4v) is 1.83. The van der Waals surface area contributed by atoms with Crippen LogP contribution in [0, 0.1) is 0 Å². The molecule has 0 aromatic carbocycles. The van der Waals surface area contributed by atoms with Crippen molar-refractivity contribution in [1.82, 2.24) is 15.3 Å². The molecule has 1 aliphatic heterocycles. The summed E-state index contributed by atoms with van der Waals surface area (Å²) in [4.78, 5) is 19.9. The molecule has 0 aliphatic carbocycles. The zero-order valence-corrected chi connectivity index (χ0v) is 10.4. The molecule has 0 saturated heterocycles. The predicted octanol–water partition coefficient (Wildman–Crippen LogP) is 0.485. The van der Waals surface area contributed by atoms with E-state index in [0.29, 0.717) is 37.8 Å². The third-order valence-corrected chi connectivity index (χ3v) is 2.75. The van der Waals surface area contributed by atoms with Crippen molar-refractivity contribution in [2.24, 2.45) is 0 Å². The lowest BCUT2D eigenvalue weighted by Gasteiger charge is -2.15. The van der Waals surface area contributed by atoms with E-state index in [0.717, 1.165) is 17.7 Å². The fraction of sp³-hybridized carbons (Fsp3) is 0.545. The minimum Gasteiger partial charge on any atom is -0.376 e. The second-order valence-electron chi connectivity index (χ2n) is 3.81. The van der Waals surface area contributed by atoms with Crippen LogP contribution in [0.4, 0.5) is 0 Å². The number of thiol groups is 1. The predicted molar refractivity (Wildman–Crippen MR) is 65.7 cm³/mol. The number of rotatable bonds is 4. The molecule has 5 nitrogen and oxygen atoms in total. The van der Waals surface area contributed by atoms with Gasteiger partial charge >= 0.3 is 0 Å². The molecule has 1 aromatic heterocycles. The Balaban J connectivity index is 1.95. The number of carbonyl (C=O) groups excluding carboxylic acids is 1. The summed E-state index contributed by atoms with van der Waals surface area (Å²) in [5.74, 6) is 1.18. The Labute approximate surface area is 105 Å². The number of carbonyl (C=O) groups is 1. The van der Waals surface area contributed by atoms with Gasteiger partial charge in [-0.2, -0.15) is 12.6 Å². The summed E-state index contributed by atoms with van der Waals surface area (Å²) in [5, 5.41) is 2.76. The number of nitrogens with zero attached hydrogens (tertiary/aromatic N) is 2. The van der Waals surface area contributed by atoms with Crippen molar-refractivity contribution in [2.45, 2.75) is 26.0 Å². The maximum atomic E-state index is 11.3. The van der Waals surface area contributed by atoms with Crippen molar-refractivity contribution in [3.05, 3.63) is 23.3 Å². The van der Waals surface area contributed by atoms with E-state index in [2.05, 4.69) is 27.9 Å². The average molecular weight is 253 g/mol. The summed E-state index contributed by atoms with van der Waals surface area (Å²) in [6.07, 6.45) is 3.01. The smallest absolute Gasteiger partial charge is 0.221 e. The van der Waals surface area contributed by atoms with Gasteiger partial charge in [0.25, 0.3) is 0 Å². The molecular weight excluding hydrogens is 238 g/mol. The van der Waals surface area contributed by atoms with Crippen LogP contribution in [0.3, 0.4) is 0 Å². The normalized spacial score (nSPS) is 14.2. The minimum absolute atomic E-state index is 0.0235. The quantitative estimate of drug-likeness (QED) is 0.766. The maximum absolute atomic E-state index is 11.3. The molecule has 1 amide bonds. The molecule has 0 fully saturated rings. The first-order chi connectivity index (χ1) is 8.29. The van der Waals surface area contributed by atoms with E-state index >= 15 is 0 Å². The Bertz CT molecular complexity index is 412. The van der Waals surface area contributed by atoms with Crippen molar-refractivity contribution in [3.63, 3.8) is 0 Å².